The van der Waals surface area contributed by atoms with Crippen molar-refractivity contribution in [2.75, 3.05) is 20.2 Å². The summed E-state index contributed by atoms with van der Waals surface area (Å²) in [4.78, 5) is 16.0. The fourth-order valence-electron chi connectivity index (χ4n) is 5.98. The van der Waals surface area contributed by atoms with E-state index in [1.165, 1.54) is 25.7 Å². The maximum Gasteiger partial charge on any atom is 0.254 e. The minimum Gasteiger partial charge on any atom is -0.493 e. The summed E-state index contributed by atoms with van der Waals surface area (Å²) in [6.07, 6.45) is 8.46. The highest BCUT2D eigenvalue weighted by molar-refractivity contribution is 5.96. The number of nitrogens with one attached hydrogen (secondary N) is 1. The van der Waals surface area contributed by atoms with E-state index in [2.05, 4.69) is 30.4 Å². The Balaban J connectivity index is 1.41. The third-order valence-corrected chi connectivity index (χ3v) is 7.52. The van der Waals surface area contributed by atoms with Crippen molar-refractivity contribution in [1.82, 2.24) is 10.2 Å². The molecule has 36 heavy (non-hydrogen) atoms. The van der Waals surface area contributed by atoms with E-state index in [1.807, 2.05) is 36.9 Å². The number of fused-ring (bicyclic) bond motifs is 2. The van der Waals surface area contributed by atoms with Crippen LogP contribution in [-0.4, -0.2) is 48.9 Å². The van der Waals surface area contributed by atoms with Gasteiger partial charge in [-0.3, -0.25) is 4.79 Å². The lowest BCUT2D eigenvalue weighted by Gasteiger charge is -2.27. The normalized spacial score (nSPS) is 24.3. The van der Waals surface area contributed by atoms with Crippen LogP contribution < -0.4 is 19.5 Å². The summed E-state index contributed by atoms with van der Waals surface area (Å²) in [5.41, 5.74) is 2.83. The minimum atomic E-state index is -0.796. The third-order valence-electron chi connectivity index (χ3n) is 7.52. The zero-order valence-corrected chi connectivity index (χ0v) is 21.9. The molecule has 2 heterocycles. The van der Waals surface area contributed by atoms with Crippen LogP contribution in [0.15, 0.2) is 48.0 Å². The van der Waals surface area contributed by atoms with Gasteiger partial charge in [0.1, 0.15) is 0 Å². The highest BCUT2D eigenvalue weighted by atomic mass is 16.7. The largest absolute Gasteiger partial charge is 0.493 e. The van der Waals surface area contributed by atoms with Crippen molar-refractivity contribution in [2.45, 2.75) is 70.7 Å². The second-order valence-electron chi connectivity index (χ2n) is 10.9. The lowest BCUT2D eigenvalue weighted by atomic mass is 9.85. The Morgan fingerprint density at radius 3 is 2.69 bits per heavy atom. The van der Waals surface area contributed by atoms with Crippen molar-refractivity contribution in [3.63, 3.8) is 0 Å². The van der Waals surface area contributed by atoms with Crippen LogP contribution in [0.1, 0.15) is 68.8 Å². The van der Waals surface area contributed by atoms with E-state index in [-0.39, 0.29) is 5.91 Å². The van der Waals surface area contributed by atoms with Crippen LogP contribution >= 0.6 is 0 Å². The monoisotopic (exact) mass is 490 g/mol. The second-order valence-corrected chi connectivity index (χ2v) is 10.9. The first-order valence-corrected chi connectivity index (χ1v) is 13.2. The lowest BCUT2D eigenvalue weighted by molar-refractivity contribution is -0.0439. The Bertz CT molecular complexity index is 1110. The van der Waals surface area contributed by atoms with E-state index in [4.69, 9.17) is 14.2 Å². The third kappa shape index (κ3) is 5.39. The quantitative estimate of drug-likeness (QED) is 0.542. The molecule has 2 fully saturated rings. The van der Waals surface area contributed by atoms with Crippen molar-refractivity contribution in [3.05, 3.63) is 59.2 Å². The molecular formula is C30H38N2O4. The van der Waals surface area contributed by atoms with Gasteiger partial charge in [0.15, 0.2) is 11.5 Å². The zero-order valence-electron chi connectivity index (χ0n) is 21.9. The molecule has 2 aromatic carbocycles. The Kier molecular flexibility index (Phi) is 6.98. The minimum absolute atomic E-state index is 0.0260. The average Bonchev–Trinajstić information content (AvgIpc) is 3.41. The summed E-state index contributed by atoms with van der Waals surface area (Å²) < 4.78 is 17.5. The summed E-state index contributed by atoms with van der Waals surface area (Å²) in [6.45, 7) is 7.03. The number of rotatable bonds is 7. The molecule has 1 saturated carbocycles. The predicted octanol–water partition coefficient (Wildman–Crippen LogP) is 5.67. The molecule has 1 aliphatic carbocycles. The topological polar surface area (TPSA) is 60.0 Å². The first kappa shape index (κ1) is 24.7. The summed E-state index contributed by atoms with van der Waals surface area (Å²) in [6, 6.07) is 14.7. The van der Waals surface area contributed by atoms with Crippen LogP contribution in [0.25, 0.3) is 6.08 Å². The number of benzene rings is 2. The van der Waals surface area contributed by atoms with Crippen molar-refractivity contribution in [3.8, 4) is 17.2 Å². The van der Waals surface area contributed by atoms with Crippen LogP contribution in [0, 0.1) is 5.92 Å². The van der Waals surface area contributed by atoms with Gasteiger partial charge in [-0.25, -0.2) is 0 Å². The summed E-state index contributed by atoms with van der Waals surface area (Å²) in [5, 5.41) is 3.84. The van der Waals surface area contributed by atoms with Gasteiger partial charge in [-0.15, -0.1) is 0 Å². The van der Waals surface area contributed by atoms with Crippen molar-refractivity contribution in [1.29, 1.82) is 0 Å². The Hall–Kier alpha value is -2.99. The van der Waals surface area contributed by atoms with Crippen LogP contribution in [0.3, 0.4) is 0 Å². The van der Waals surface area contributed by atoms with Gasteiger partial charge >= 0.3 is 0 Å². The fraction of sp³-hybridized carbons (Fsp3) is 0.500. The van der Waals surface area contributed by atoms with Gasteiger partial charge in [0.05, 0.1) is 7.11 Å². The molecule has 1 amide bonds. The smallest absolute Gasteiger partial charge is 0.254 e. The Morgan fingerprint density at radius 2 is 1.94 bits per heavy atom. The van der Waals surface area contributed by atoms with Gasteiger partial charge in [-0.1, -0.05) is 54.8 Å². The van der Waals surface area contributed by atoms with Crippen LogP contribution in [0.4, 0.5) is 0 Å². The molecule has 3 aliphatic rings. The molecule has 1 saturated heterocycles. The van der Waals surface area contributed by atoms with Crippen LogP contribution in [0.2, 0.25) is 0 Å². The highest BCUT2D eigenvalue weighted by Crippen LogP contribution is 2.47. The van der Waals surface area contributed by atoms with E-state index in [9.17, 15) is 4.79 Å². The number of carbonyl (C=O) groups is 1. The highest BCUT2D eigenvalue weighted by Gasteiger charge is 2.38. The number of hydrogen-bond donors (Lipinski definition) is 1. The maximum atomic E-state index is 14.0. The molecule has 1 N–H and O–H groups in total. The number of methoxy groups -OCH3 is 1. The fourth-order valence-corrected chi connectivity index (χ4v) is 5.98. The molecule has 0 bridgehead atoms. The molecule has 2 aliphatic heterocycles. The van der Waals surface area contributed by atoms with E-state index in [1.54, 1.807) is 19.2 Å². The van der Waals surface area contributed by atoms with E-state index in [0.717, 1.165) is 23.5 Å². The Morgan fingerprint density at radius 1 is 1.17 bits per heavy atom. The summed E-state index contributed by atoms with van der Waals surface area (Å²) in [7, 11) is 1.59. The van der Waals surface area contributed by atoms with Gasteiger partial charge in [-0.2, -0.15) is 0 Å². The van der Waals surface area contributed by atoms with Crippen molar-refractivity contribution < 1.29 is 19.0 Å². The Labute approximate surface area is 214 Å². The number of amides is 1. The molecule has 0 aromatic heterocycles. The van der Waals surface area contributed by atoms with E-state index in [0.29, 0.717) is 48.0 Å². The second kappa shape index (κ2) is 10.2. The molecule has 0 radical (unpaired) electrons. The van der Waals surface area contributed by atoms with Gasteiger partial charge in [-0.05, 0) is 49.8 Å². The molecular weight excluding hydrogens is 452 g/mol. The number of hydrogen-bond acceptors (Lipinski definition) is 5. The first-order chi connectivity index (χ1) is 17.3. The molecule has 0 unspecified atom stereocenters. The number of carbonyl (C=O) groups excluding carboxylic acids is 1. The van der Waals surface area contributed by atoms with Crippen molar-refractivity contribution >= 4 is 12.0 Å². The van der Waals surface area contributed by atoms with Crippen molar-refractivity contribution in [2.24, 2.45) is 5.92 Å². The summed E-state index contributed by atoms with van der Waals surface area (Å²) in [5.74, 6) is 1.52. The van der Waals surface area contributed by atoms with Crippen LogP contribution in [-0.2, 0) is 0 Å². The molecule has 192 valence electrons. The first-order valence-electron chi connectivity index (χ1n) is 13.2. The predicted molar refractivity (Wildman–Crippen MR) is 142 cm³/mol. The average molecular weight is 491 g/mol. The molecule has 3 atom stereocenters. The zero-order chi connectivity index (χ0) is 25.3. The van der Waals surface area contributed by atoms with Crippen LogP contribution in [0.5, 0.6) is 17.2 Å². The molecule has 0 spiro atoms. The lowest BCUT2D eigenvalue weighted by Crippen LogP contribution is -2.43. The van der Waals surface area contributed by atoms with Gasteiger partial charge in [0, 0.05) is 44.6 Å². The maximum absolute atomic E-state index is 14.0. The van der Waals surface area contributed by atoms with Gasteiger partial charge in [0.2, 0.25) is 11.5 Å². The summed E-state index contributed by atoms with van der Waals surface area (Å²) >= 11 is 0. The van der Waals surface area contributed by atoms with E-state index < -0.39 is 5.79 Å². The van der Waals surface area contributed by atoms with Gasteiger partial charge in [0.25, 0.3) is 5.91 Å². The molecule has 6 nitrogen and oxygen atoms in total. The van der Waals surface area contributed by atoms with E-state index >= 15 is 0 Å². The molecule has 2 aromatic rings. The molecule has 5 rings (SSSR count). The molecule has 6 heteroatoms. The number of nitrogens with zero attached hydrogens (tertiary/aromatic N) is 1. The SMILES string of the molecule is COc1cc(C(=O)N(C/C(C)=C\c2ccccc2)C[C@@H]2C[C@@H]3CCCC[C@@H]3N2)cc2c1OC(C)(C)O2. The standard InChI is InChI=1S/C30H38N2O4/c1-20(14-21-10-6-5-7-11-21)18-32(19-24-15-22-12-8-9-13-25(22)31-24)29(33)23-16-26(34-4)28-27(17-23)35-30(2,3)36-28/h5-7,10-11,14,16-17,22,24-25,31H,8-9,12-13,15,18-19H2,1-4H3/b20-14-/t22-,24-,25-/m0/s1. The number of ether oxygens (including phenoxy) is 3. The van der Waals surface area contributed by atoms with Gasteiger partial charge < -0.3 is 24.4 Å².